The number of rotatable bonds is 8. The van der Waals surface area contributed by atoms with E-state index in [2.05, 4.69) is 10.3 Å². The third-order valence-corrected chi connectivity index (χ3v) is 5.98. The van der Waals surface area contributed by atoms with Gasteiger partial charge in [0.15, 0.2) is 0 Å². The van der Waals surface area contributed by atoms with Crippen LogP contribution in [0.2, 0.25) is 5.02 Å². The highest BCUT2D eigenvalue weighted by molar-refractivity contribution is 6.30. The van der Waals surface area contributed by atoms with Gasteiger partial charge in [0.1, 0.15) is 17.0 Å². The Kier molecular flexibility index (Phi) is 6.79. The maximum absolute atomic E-state index is 13.3. The lowest BCUT2D eigenvalue weighted by molar-refractivity contribution is 0.0717. The zero-order valence-electron chi connectivity index (χ0n) is 18.6. The maximum atomic E-state index is 13.3. The van der Waals surface area contributed by atoms with Crippen molar-refractivity contribution in [3.05, 3.63) is 95.2 Å². The Bertz CT molecular complexity index is 1260. The van der Waals surface area contributed by atoms with Crippen molar-refractivity contribution in [1.82, 2.24) is 24.2 Å². The molecule has 0 saturated heterocycles. The second-order valence-electron chi connectivity index (χ2n) is 8.05. The minimum Gasteiger partial charge on any atom is -0.351 e. The number of amides is 2. The molecule has 1 unspecified atom stereocenters. The first-order valence-electron chi connectivity index (χ1n) is 10.8. The van der Waals surface area contributed by atoms with Crippen LogP contribution in [0.5, 0.6) is 0 Å². The number of nitrogens with zero attached hydrogens (tertiary/aromatic N) is 4. The molecule has 1 N–H and O–H groups in total. The van der Waals surface area contributed by atoms with Gasteiger partial charge in [-0.3, -0.25) is 9.59 Å². The number of hydrogen-bond donors (Lipinski definition) is 1. The van der Waals surface area contributed by atoms with Gasteiger partial charge < -0.3 is 19.2 Å². The van der Waals surface area contributed by atoms with Crippen LogP contribution in [0.25, 0.3) is 5.65 Å². The normalized spacial score (nSPS) is 12.0. The topological polar surface area (TPSA) is 71.6 Å². The molecule has 7 nitrogen and oxygen atoms in total. The van der Waals surface area contributed by atoms with Gasteiger partial charge in [-0.15, -0.1) is 0 Å². The summed E-state index contributed by atoms with van der Waals surface area (Å²) >= 11 is 6.06. The number of carbonyl (C=O) groups is 2. The summed E-state index contributed by atoms with van der Waals surface area (Å²) in [5.74, 6) is -0.309. The van der Waals surface area contributed by atoms with Gasteiger partial charge in [-0.25, -0.2) is 4.98 Å². The average Bonchev–Trinajstić information content (AvgIpc) is 3.43. The summed E-state index contributed by atoms with van der Waals surface area (Å²) in [4.78, 5) is 31.9. The predicted molar refractivity (Wildman–Crippen MR) is 129 cm³/mol. The molecule has 33 heavy (non-hydrogen) atoms. The number of aromatic nitrogens is 3. The number of benzene rings is 1. The molecule has 4 rings (SSSR count). The lowest BCUT2D eigenvalue weighted by Gasteiger charge is -2.28. The lowest BCUT2D eigenvalue weighted by Crippen LogP contribution is -2.41. The van der Waals surface area contributed by atoms with E-state index in [-0.39, 0.29) is 17.9 Å². The van der Waals surface area contributed by atoms with Gasteiger partial charge in [0.25, 0.3) is 11.8 Å². The second kappa shape index (κ2) is 9.92. The Morgan fingerprint density at radius 3 is 2.61 bits per heavy atom. The van der Waals surface area contributed by atoms with E-state index in [0.717, 1.165) is 5.56 Å². The van der Waals surface area contributed by atoms with Crippen molar-refractivity contribution in [2.24, 2.45) is 7.05 Å². The van der Waals surface area contributed by atoms with E-state index in [4.69, 9.17) is 11.6 Å². The van der Waals surface area contributed by atoms with Gasteiger partial charge in [-0.2, -0.15) is 0 Å². The van der Waals surface area contributed by atoms with Crippen molar-refractivity contribution < 1.29 is 9.59 Å². The van der Waals surface area contributed by atoms with Crippen molar-refractivity contribution in [1.29, 1.82) is 0 Å². The lowest BCUT2D eigenvalue weighted by atomic mass is 10.0. The fourth-order valence-electron chi connectivity index (χ4n) is 3.87. The number of carbonyl (C=O) groups excluding carboxylic acids is 2. The molecule has 0 spiro atoms. The van der Waals surface area contributed by atoms with Crippen molar-refractivity contribution in [3.8, 4) is 0 Å². The number of pyridine rings is 1. The second-order valence-corrected chi connectivity index (χ2v) is 8.48. The summed E-state index contributed by atoms with van der Waals surface area (Å²) in [6, 6.07) is 17.0. The molecule has 0 aliphatic heterocycles. The highest BCUT2D eigenvalue weighted by atomic mass is 35.5. The van der Waals surface area contributed by atoms with Gasteiger partial charge in [0, 0.05) is 45.3 Å². The van der Waals surface area contributed by atoms with E-state index in [9.17, 15) is 9.59 Å². The molecule has 0 bridgehead atoms. The van der Waals surface area contributed by atoms with Crippen LogP contribution in [0.3, 0.4) is 0 Å². The Morgan fingerprint density at radius 2 is 1.88 bits per heavy atom. The third-order valence-electron chi connectivity index (χ3n) is 5.76. The van der Waals surface area contributed by atoms with Crippen LogP contribution in [0.4, 0.5) is 0 Å². The smallest absolute Gasteiger partial charge is 0.274 e. The fraction of sp³-hybridized carbons (Fsp3) is 0.240. The van der Waals surface area contributed by atoms with Crippen LogP contribution in [0.15, 0.2) is 73.2 Å². The van der Waals surface area contributed by atoms with Crippen LogP contribution >= 0.6 is 11.6 Å². The summed E-state index contributed by atoms with van der Waals surface area (Å²) in [6.07, 6.45) is 6.52. The van der Waals surface area contributed by atoms with Crippen LogP contribution in [-0.2, 0) is 13.5 Å². The Balaban J connectivity index is 1.49. The molecular formula is C25H26ClN5O2. The molecule has 3 aromatic heterocycles. The maximum Gasteiger partial charge on any atom is 0.274 e. The summed E-state index contributed by atoms with van der Waals surface area (Å²) in [5.41, 5.74) is 2.73. The van der Waals surface area contributed by atoms with Gasteiger partial charge in [-0.1, -0.05) is 41.9 Å². The summed E-state index contributed by atoms with van der Waals surface area (Å²) in [7, 11) is 3.62. The van der Waals surface area contributed by atoms with Crippen LogP contribution < -0.4 is 5.32 Å². The number of halogens is 1. The Hall–Kier alpha value is -3.58. The number of fused-ring (bicyclic) bond motifs is 1. The average molecular weight is 464 g/mol. The molecule has 4 aromatic rings. The third kappa shape index (κ3) is 5.26. The zero-order chi connectivity index (χ0) is 23.4. The van der Waals surface area contributed by atoms with E-state index >= 15 is 0 Å². The van der Waals surface area contributed by atoms with Gasteiger partial charge in [-0.05, 0) is 42.7 Å². The molecule has 0 radical (unpaired) electrons. The predicted octanol–water partition coefficient (Wildman–Crippen LogP) is 3.83. The van der Waals surface area contributed by atoms with E-state index in [1.165, 1.54) is 0 Å². The molecule has 1 atom stereocenters. The molecule has 8 heteroatoms. The first-order chi connectivity index (χ1) is 15.9. The van der Waals surface area contributed by atoms with E-state index in [0.29, 0.717) is 41.4 Å². The monoisotopic (exact) mass is 463 g/mol. The quantitative estimate of drug-likeness (QED) is 0.431. The number of hydrogen-bond acceptors (Lipinski definition) is 3. The minimum absolute atomic E-state index is 0.123. The van der Waals surface area contributed by atoms with E-state index < -0.39 is 0 Å². The van der Waals surface area contributed by atoms with Crippen LogP contribution in [-0.4, -0.2) is 50.3 Å². The highest BCUT2D eigenvalue weighted by Gasteiger charge is 2.24. The van der Waals surface area contributed by atoms with Crippen LogP contribution in [0, 0.1) is 0 Å². The molecule has 0 fully saturated rings. The molecule has 0 saturated carbocycles. The Morgan fingerprint density at radius 1 is 1.09 bits per heavy atom. The van der Waals surface area contributed by atoms with Crippen molar-refractivity contribution >= 4 is 29.1 Å². The molecule has 1 aromatic carbocycles. The first kappa shape index (κ1) is 22.6. The van der Waals surface area contributed by atoms with E-state index in [1.54, 1.807) is 51.5 Å². The number of nitrogens with one attached hydrogen (secondary N) is 1. The number of imidazole rings is 1. The van der Waals surface area contributed by atoms with Crippen LogP contribution in [0.1, 0.15) is 33.0 Å². The largest absolute Gasteiger partial charge is 0.351 e. The van der Waals surface area contributed by atoms with Crippen molar-refractivity contribution in [2.45, 2.75) is 18.9 Å². The molecule has 2 amide bonds. The minimum atomic E-state index is -0.176. The van der Waals surface area contributed by atoms with Gasteiger partial charge in [0.05, 0.1) is 5.02 Å². The van der Waals surface area contributed by atoms with Gasteiger partial charge in [0.2, 0.25) is 0 Å². The SMILES string of the molecule is CN(C(=O)c1cn2cc(Cl)ccc2n1)C(CCNC(=O)c1cccn1C)Cc1ccccc1. The van der Waals surface area contributed by atoms with Crippen molar-refractivity contribution in [3.63, 3.8) is 0 Å². The first-order valence-corrected chi connectivity index (χ1v) is 11.1. The Labute approximate surface area is 197 Å². The number of aryl methyl sites for hydroxylation is 1. The molecule has 3 heterocycles. The summed E-state index contributed by atoms with van der Waals surface area (Å²) in [6.45, 7) is 0.444. The zero-order valence-corrected chi connectivity index (χ0v) is 19.4. The van der Waals surface area contributed by atoms with Gasteiger partial charge >= 0.3 is 0 Å². The summed E-state index contributed by atoms with van der Waals surface area (Å²) in [5, 5.41) is 3.54. The number of likely N-dealkylation sites (N-methyl/N-ethyl adjacent to an activating group) is 1. The highest BCUT2D eigenvalue weighted by Crippen LogP contribution is 2.16. The molecule has 170 valence electrons. The molecule has 0 aliphatic carbocycles. The fourth-order valence-corrected chi connectivity index (χ4v) is 4.04. The molecular weight excluding hydrogens is 438 g/mol. The molecule has 0 aliphatic rings. The van der Waals surface area contributed by atoms with Crippen molar-refractivity contribution in [2.75, 3.05) is 13.6 Å². The standard InChI is InChI=1S/C25H26ClN5O2/c1-29-14-6-9-22(29)24(32)27-13-12-20(15-18-7-4-3-5-8-18)30(2)25(33)21-17-31-16-19(26)10-11-23(31)28-21/h3-11,14,16-17,20H,12-13,15H2,1-2H3,(H,27,32). The summed E-state index contributed by atoms with van der Waals surface area (Å²) < 4.78 is 3.53. The van der Waals surface area contributed by atoms with E-state index in [1.807, 2.05) is 49.6 Å².